The maximum absolute atomic E-state index is 12.9. The number of ketones is 1. The van der Waals surface area contributed by atoms with Crippen molar-refractivity contribution in [2.75, 3.05) is 19.1 Å². The minimum absolute atomic E-state index is 0.0705. The summed E-state index contributed by atoms with van der Waals surface area (Å²) in [5.41, 5.74) is 2.10. The van der Waals surface area contributed by atoms with E-state index in [1.54, 1.807) is 11.8 Å². The van der Waals surface area contributed by atoms with Crippen molar-refractivity contribution in [2.45, 2.75) is 31.8 Å². The number of rotatable bonds is 7. The van der Waals surface area contributed by atoms with Gasteiger partial charge in [-0.2, -0.15) is 11.8 Å². The minimum atomic E-state index is -0.0705. The molecule has 0 saturated carbocycles. The molecule has 110 valence electrons. The van der Waals surface area contributed by atoms with Gasteiger partial charge in [-0.1, -0.05) is 31.2 Å². The second-order valence-corrected chi connectivity index (χ2v) is 6.18. The lowest BCUT2D eigenvalue weighted by Crippen LogP contribution is -2.37. The smallest absolute Gasteiger partial charge is 0.178 e. The summed E-state index contributed by atoms with van der Waals surface area (Å²) in [6.07, 6.45) is 12.2. The van der Waals surface area contributed by atoms with Crippen molar-refractivity contribution >= 4 is 17.5 Å². The number of likely N-dealkylation sites (N-methyl/N-ethyl adjacent to an activating group) is 1. The number of carbonyl (C=O) groups is 1. The third-order valence-corrected chi connectivity index (χ3v) is 4.67. The lowest BCUT2D eigenvalue weighted by Gasteiger charge is -2.21. The molecule has 3 nitrogen and oxygen atoms in total. The Morgan fingerprint density at radius 1 is 1.45 bits per heavy atom. The number of carbonyl (C=O) groups excluding carboxylic acids is 1. The summed E-state index contributed by atoms with van der Waals surface area (Å²) in [7, 11) is 1.88. The molecule has 0 saturated heterocycles. The highest BCUT2D eigenvalue weighted by atomic mass is 32.2. The van der Waals surface area contributed by atoms with Crippen molar-refractivity contribution in [3.8, 4) is 0 Å². The molecule has 1 aliphatic heterocycles. The normalized spacial score (nSPS) is 25.6. The van der Waals surface area contributed by atoms with E-state index in [0.717, 1.165) is 29.9 Å². The first-order valence-electron chi connectivity index (χ1n) is 7.27. The van der Waals surface area contributed by atoms with Gasteiger partial charge in [0.1, 0.15) is 0 Å². The SMILES string of the molecule is CCC1=C(C(=O)[C@H](CCSC)NC)C2C=CC=CC2N1. The van der Waals surface area contributed by atoms with E-state index in [0.29, 0.717) is 0 Å². The van der Waals surface area contributed by atoms with E-state index in [4.69, 9.17) is 0 Å². The van der Waals surface area contributed by atoms with Gasteiger partial charge >= 0.3 is 0 Å². The van der Waals surface area contributed by atoms with Crippen LogP contribution in [-0.4, -0.2) is 36.9 Å². The highest BCUT2D eigenvalue weighted by Gasteiger charge is 2.37. The van der Waals surface area contributed by atoms with Crippen LogP contribution in [0.3, 0.4) is 0 Å². The van der Waals surface area contributed by atoms with Crippen molar-refractivity contribution in [2.24, 2.45) is 5.92 Å². The third kappa shape index (κ3) is 3.01. The standard InChI is InChI=1S/C16H24N2OS/c1-4-12-15(11-7-5-6-8-13(11)18-12)16(19)14(17-2)9-10-20-3/h5-8,11,13-14,17-18H,4,9-10H2,1-3H3/t11?,13?,14-/m0/s1. The molecule has 0 fully saturated rings. The van der Waals surface area contributed by atoms with Crippen molar-refractivity contribution in [3.63, 3.8) is 0 Å². The van der Waals surface area contributed by atoms with Crippen LogP contribution in [0.4, 0.5) is 0 Å². The topological polar surface area (TPSA) is 41.1 Å². The van der Waals surface area contributed by atoms with E-state index >= 15 is 0 Å². The molecule has 2 unspecified atom stereocenters. The molecule has 2 aliphatic rings. The monoisotopic (exact) mass is 292 g/mol. The molecule has 1 aliphatic carbocycles. The fourth-order valence-electron chi connectivity index (χ4n) is 2.94. The predicted octanol–water partition coefficient (Wildman–Crippen LogP) is 2.27. The zero-order valence-corrected chi connectivity index (χ0v) is 13.3. The van der Waals surface area contributed by atoms with Crippen LogP contribution in [0.2, 0.25) is 0 Å². The van der Waals surface area contributed by atoms with E-state index in [-0.39, 0.29) is 23.8 Å². The highest BCUT2D eigenvalue weighted by Crippen LogP contribution is 2.33. The largest absolute Gasteiger partial charge is 0.381 e. The molecule has 0 radical (unpaired) electrons. The summed E-state index contributed by atoms with van der Waals surface area (Å²) in [6.45, 7) is 2.11. The van der Waals surface area contributed by atoms with Crippen LogP contribution in [0.15, 0.2) is 35.6 Å². The molecule has 2 N–H and O–H groups in total. The van der Waals surface area contributed by atoms with Crippen LogP contribution in [0.5, 0.6) is 0 Å². The first-order valence-corrected chi connectivity index (χ1v) is 8.67. The average Bonchev–Trinajstić information content (AvgIpc) is 2.86. The zero-order chi connectivity index (χ0) is 14.5. The number of fused-ring (bicyclic) bond motifs is 1. The van der Waals surface area contributed by atoms with E-state index in [1.165, 1.54) is 0 Å². The van der Waals surface area contributed by atoms with Gasteiger partial charge in [-0.05, 0) is 31.9 Å². The highest BCUT2D eigenvalue weighted by molar-refractivity contribution is 7.98. The molecular formula is C16H24N2OS. The molecule has 4 heteroatoms. The van der Waals surface area contributed by atoms with Gasteiger partial charge in [-0.15, -0.1) is 0 Å². The Labute approximate surface area is 126 Å². The van der Waals surface area contributed by atoms with E-state index in [9.17, 15) is 4.79 Å². The first-order chi connectivity index (χ1) is 9.72. The van der Waals surface area contributed by atoms with Gasteiger partial charge in [0.15, 0.2) is 5.78 Å². The number of Topliss-reactive ketones (excluding diaryl/α,β-unsaturated/α-hetero) is 1. The number of hydrogen-bond donors (Lipinski definition) is 2. The predicted molar refractivity (Wildman–Crippen MR) is 86.9 cm³/mol. The summed E-state index contributed by atoms with van der Waals surface area (Å²) >= 11 is 1.79. The average molecular weight is 292 g/mol. The van der Waals surface area contributed by atoms with Gasteiger partial charge in [0.05, 0.1) is 12.1 Å². The Bertz CT molecular complexity index is 453. The van der Waals surface area contributed by atoms with Gasteiger partial charge in [0.2, 0.25) is 0 Å². The second kappa shape index (κ2) is 7.14. The maximum atomic E-state index is 12.9. The Hall–Kier alpha value is -1.00. The van der Waals surface area contributed by atoms with Crippen molar-refractivity contribution < 1.29 is 4.79 Å². The molecule has 0 aromatic rings. The number of nitrogens with one attached hydrogen (secondary N) is 2. The molecule has 2 rings (SSSR count). The molecule has 1 heterocycles. The molecule has 0 amide bonds. The van der Waals surface area contributed by atoms with Crippen LogP contribution in [0, 0.1) is 5.92 Å². The van der Waals surface area contributed by atoms with E-state index in [2.05, 4.69) is 42.0 Å². The second-order valence-electron chi connectivity index (χ2n) is 5.20. The fourth-order valence-corrected chi connectivity index (χ4v) is 3.41. The molecule has 0 aromatic heterocycles. The molecule has 0 spiro atoms. The van der Waals surface area contributed by atoms with Crippen LogP contribution < -0.4 is 10.6 Å². The van der Waals surface area contributed by atoms with Crippen molar-refractivity contribution in [1.82, 2.24) is 10.6 Å². The quantitative estimate of drug-likeness (QED) is 0.755. The Kier molecular flexibility index (Phi) is 5.49. The van der Waals surface area contributed by atoms with E-state index in [1.807, 2.05) is 13.1 Å². The van der Waals surface area contributed by atoms with Crippen LogP contribution in [-0.2, 0) is 4.79 Å². The Morgan fingerprint density at radius 2 is 2.20 bits per heavy atom. The minimum Gasteiger partial charge on any atom is -0.381 e. The number of thioether (sulfide) groups is 1. The summed E-state index contributed by atoms with van der Waals surface area (Å²) in [5, 5.41) is 6.68. The number of allylic oxidation sites excluding steroid dienone is 3. The fraction of sp³-hybridized carbons (Fsp3) is 0.562. The summed E-state index contributed by atoms with van der Waals surface area (Å²) in [4.78, 5) is 12.9. The van der Waals surface area contributed by atoms with E-state index < -0.39 is 0 Å². The molecule has 0 aromatic carbocycles. The van der Waals surface area contributed by atoms with Crippen LogP contribution in [0.25, 0.3) is 0 Å². The molecule has 0 bridgehead atoms. The van der Waals surface area contributed by atoms with Crippen LogP contribution >= 0.6 is 11.8 Å². The molecule has 3 atom stereocenters. The Balaban J connectivity index is 2.21. The summed E-state index contributed by atoms with van der Waals surface area (Å²) < 4.78 is 0. The summed E-state index contributed by atoms with van der Waals surface area (Å²) in [5.74, 6) is 1.47. The van der Waals surface area contributed by atoms with Gasteiger partial charge < -0.3 is 10.6 Å². The lowest BCUT2D eigenvalue weighted by atomic mass is 9.85. The van der Waals surface area contributed by atoms with Crippen molar-refractivity contribution in [3.05, 3.63) is 35.6 Å². The summed E-state index contributed by atoms with van der Waals surface area (Å²) in [6, 6.07) is 0.186. The Morgan fingerprint density at radius 3 is 2.85 bits per heavy atom. The van der Waals surface area contributed by atoms with Crippen LogP contribution in [0.1, 0.15) is 19.8 Å². The first kappa shape index (κ1) is 15.4. The molecular weight excluding hydrogens is 268 g/mol. The van der Waals surface area contributed by atoms with Gasteiger partial charge in [0.25, 0.3) is 0 Å². The number of hydrogen-bond acceptors (Lipinski definition) is 4. The van der Waals surface area contributed by atoms with Crippen molar-refractivity contribution in [1.29, 1.82) is 0 Å². The van der Waals surface area contributed by atoms with Gasteiger partial charge in [0, 0.05) is 17.2 Å². The van der Waals surface area contributed by atoms with Gasteiger partial charge in [-0.25, -0.2) is 0 Å². The lowest BCUT2D eigenvalue weighted by molar-refractivity contribution is -0.117. The maximum Gasteiger partial charge on any atom is 0.178 e. The molecule has 20 heavy (non-hydrogen) atoms. The van der Waals surface area contributed by atoms with Gasteiger partial charge in [-0.3, -0.25) is 4.79 Å². The zero-order valence-electron chi connectivity index (χ0n) is 12.5. The third-order valence-electron chi connectivity index (χ3n) is 4.03.